The van der Waals surface area contributed by atoms with E-state index < -0.39 is 29.2 Å². The summed E-state index contributed by atoms with van der Waals surface area (Å²) in [5, 5.41) is 0. The number of halogens is 5. The van der Waals surface area contributed by atoms with Crippen molar-refractivity contribution in [2.24, 2.45) is 0 Å². The highest BCUT2D eigenvalue weighted by molar-refractivity contribution is 6.09. The van der Waals surface area contributed by atoms with Crippen LogP contribution in [0.2, 0.25) is 0 Å². The molecule has 0 amide bonds. The lowest BCUT2D eigenvalue weighted by Crippen LogP contribution is -2.10. The van der Waals surface area contributed by atoms with Gasteiger partial charge in [-0.05, 0) is 24.3 Å². The fourth-order valence-electron chi connectivity index (χ4n) is 1.68. The van der Waals surface area contributed by atoms with E-state index >= 15 is 0 Å². The molecule has 0 bridgehead atoms. The van der Waals surface area contributed by atoms with Crippen molar-refractivity contribution in [2.75, 3.05) is 0 Å². The molecule has 2 aromatic carbocycles. The Morgan fingerprint density at radius 2 is 1.55 bits per heavy atom. The van der Waals surface area contributed by atoms with Gasteiger partial charge in [-0.2, -0.15) is 13.2 Å². The minimum Gasteiger partial charge on any atom is -0.289 e. The molecule has 0 aliphatic carbocycles. The Balaban J connectivity index is 2.40. The van der Waals surface area contributed by atoms with Crippen molar-refractivity contribution in [3.05, 3.63) is 70.8 Å². The number of benzene rings is 2. The molecule has 0 atom stereocenters. The van der Waals surface area contributed by atoms with E-state index in [0.717, 1.165) is 18.2 Å². The summed E-state index contributed by atoms with van der Waals surface area (Å²) in [5.41, 5.74) is -1.79. The first kappa shape index (κ1) is 14.2. The number of hydrogen-bond acceptors (Lipinski definition) is 1. The maximum Gasteiger partial charge on any atom is 0.419 e. The Bertz CT molecular complexity index is 661. The average Bonchev–Trinajstić information content (AvgIpc) is 2.36. The molecule has 20 heavy (non-hydrogen) atoms. The summed E-state index contributed by atoms with van der Waals surface area (Å²) in [4.78, 5) is 11.9. The normalized spacial score (nSPS) is 11.4. The van der Waals surface area contributed by atoms with E-state index in [1.165, 1.54) is 12.1 Å². The van der Waals surface area contributed by atoms with Gasteiger partial charge in [-0.3, -0.25) is 4.79 Å². The van der Waals surface area contributed by atoms with Crippen LogP contribution >= 0.6 is 0 Å². The largest absolute Gasteiger partial charge is 0.419 e. The molecule has 6 heteroatoms. The number of carbonyl (C=O) groups excluding carboxylic acids is 1. The minimum atomic E-state index is -4.83. The predicted octanol–water partition coefficient (Wildman–Crippen LogP) is 4.21. The summed E-state index contributed by atoms with van der Waals surface area (Å²) in [6.45, 7) is 0. The van der Waals surface area contributed by atoms with Crippen molar-refractivity contribution in [2.45, 2.75) is 6.18 Å². The number of hydrogen-bond donors (Lipinski definition) is 0. The molecule has 0 saturated heterocycles. The summed E-state index contributed by atoms with van der Waals surface area (Å²) >= 11 is 0. The van der Waals surface area contributed by atoms with Crippen molar-refractivity contribution in [1.29, 1.82) is 0 Å². The third-order valence-corrected chi connectivity index (χ3v) is 2.62. The standard InChI is InChI=1S/C14H7F5O/c15-10-3-1-2-8(6-10)13(20)9-4-5-11(12(16)7-9)14(17,18)19/h1-7H. The van der Waals surface area contributed by atoms with Crippen LogP contribution < -0.4 is 0 Å². The van der Waals surface area contributed by atoms with Gasteiger partial charge in [-0.15, -0.1) is 0 Å². The van der Waals surface area contributed by atoms with Crippen molar-refractivity contribution in [1.82, 2.24) is 0 Å². The Kier molecular flexibility index (Phi) is 3.57. The van der Waals surface area contributed by atoms with E-state index in [9.17, 15) is 26.7 Å². The lowest BCUT2D eigenvalue weighted by molar-refractivity contribution is -0.140. The quantitative estimate of drug-likeness (QED) is 0.597. The molecule has 0 unspecified atom stereocenters. The molecule has 104 valence electrons. The van der Waals surface area contributed by atoms with Gasteiger partial charge in [0.25, 0.3) is 0 Å². The maximum atomic E-state index is 13.4. The number of carbonyl (C=O) groups is 1. The van der Waals surface area contributed by atoms with E-state index in [0.29, 0.717) is 12.1 Å². The third kappa shape index (κ3) is 2.84. The zero-order valence-corrected chi connectivity index (χ0v) is 9.84. The van der Waals surface area contributed by atoms with Crippen LogP contribution in [-0.4, -0.2) is 5.78 Å². The summed E-state index contributed by atoms with van der Waals surface area (Å²) in [6, 6.07) is 6.46. The van der Waals surface area contributed by atoms with Crippen molar-refractivity contribution < 1.29 is 26.7 Å². The molecular weight excluding hydrogens is 279 g/mol. The first-order chi connectivity index (χ1) is 9.29. The minimum absolute atomic E-state index is 0.0656. The van der Waals surface area contributed by atoms with Gasteiger partial charge < -0.3 is 0 Å². The Morgan fingerprint density at radius 3 is 2.10 bits per heavy atom. The average molecular weight is 286 g/mol. The van der Waals surface area contributed by atoms with Crippen LogP contribution in [0.5, 0.6) is 0 Å². The molecule has 0 aliphatic rings. The van der Waals surface area contributed by atoms with Gasteiger partial charge >= 0.3 is 6.18 Å². The zero-order chi connectivity index (χ0) is 14.9. The molecule has 0 heterocycles. The molecule has 1 nitrogen and oxygen atoms in total. The Hall–Kier alpha value is -2.24. The number of rotatable bonds is 2. The molecule has 0 fully saturated rings. The van der Waals surface area contributed by atoms with Crippen LogP contribution in [0.25, 0.3) is 0 Å². The third-order valence-electron chi connectivity index (χ3n) is 2.62. The van der Waals surface area contributed by atoms with Crippen LogP contribution in [0.3, 0.4) is 0 Å². The Morgan fingerprint density at radius 1 is 0.900 bits per heavy atom. The highest BCUT2D eigenvalue weighted by Crippen LogP contribution is 2.31. The first-order valence-corrected chi connectivity index (χ1v) is 5.46. The highest BCUT2D eigenvalue weighted by Gasteiger charge is 2.34. The monoisotopic (exact) mass is 286 g/mol. The summed E-state index contributed by atoms with van der Waals surface area (Å²) in [5.74, 6) is -2.96. The fourth-order valence-corrected chi connectivity index (χ4v) is 1.68. The summed E-state index contributed by atoms with van der Waals surface area (Å²) < 4.78 is 63.5. The molecule has 0 N–H and O–H groups in total. The summed E-state index contributed by atoms with van der Waals surface area (Å²) in [6.07, 6.45) is -4.83. The SMILES string of the molecule is O=C(c1cccc(F)c1)c1ccc(C(F)(F)F)c(F)c1. The molecule has 0 aromatic heterocycles. The maximum absolute atomic E-state index is 13.4. The fraction of sp³-hybridized carbons (Fsp3) is 0.0714. The molecule has 2 aromatic rings. The second-order valence-electron chi connectivity index (χ2n) is 4.03. The predicted molar refractivity (Wildman–Crippen MR) is 61.2 cm³/mol. The van der Waals surface area contributed by atoms with E-state index in [2.05, 4.69) is 0 Å². The molecule has 2 rings (SSSR count). The molecule has 0 saturated carbocycles. The van der Waals surface area contributed by atoms with Gasteiger partial charge in [-0.1, -0.05) is 18.2 Å². The molecular formula is C14H7F5O. The molecule has 0 spiro atoms. The van der Waals surface area contributed by atoms with Crippen LogP contribution in [0.1, 0.15) is 21.5 Å². The number of alkyl halides is 3. The second-order valence-corrected chi connectivity index (χ2v) is 4.03. The first-order valence-electron chi connectivity index (χ1n) is 5.46. The van der Waals surface area contributed by atoms with E-state index in [4.69, 9.17) is 0 Å². The lowest BCUT2D eigenvalue weighted by Gasteiger charge is -2.09. The van der Waals surface area contributed by atoms with Gasteiger partial charge in [0.15, 0.2) is 5.78 Å². The topological polar surface area (TPSA) is 17.1 Å². The molecule has 0 radical (unpaired) electrons. The van der Waals surface area contributed by atoms with Gasteiger partial charge in [-0.25, -0.2) is 8.78 Å². The second kappa shape index (κ2) is 5.03. The van der Waals surface area contributed by atoms with Crippen LogP contribution in [0, 0.1) is 11.6 Å². The van der Waals surface area contributed by atoms with Crippen molar-refractivity contribution >= 4 is 5.78 Å². The van der Waals surface area contributed by atoms with Gasteiger partial charge in [0, 0.05) is 11.1 Å². The van der Waals surface area contributed by atoms with Crippen molar-refractivity contribution in [3.63, 3.8) is 0 Å². The van der Waals surface area contributed by atoms with E-state index in [-0.39, 0.29) is 11.1 Å². The van der Waals surface area contributed by atoms with Crippen molar-refractivity contribution in [3.8, 4) is 0 Å². The van der Waals surface area contributed by atoms with Gasteiger partial charge in [0.2, 0.25) is 0 Å². The van der Waals surface area contributed by atoms with E-state index in [1.54, 1.807) is 0 Å². The summed E-state index contributed by atoms with van der Waals surface area (Å²) in [7, 11) is 0. The number of ketones is 1. The molecule has 0 aliphatic heterocycles. The zero-order valence-electron chi connectivity index (χ0n) is 9.84. The van der Waals surface area contributed by atoms with Gasteiger partial charge in [0.05, 0.1) is 5.56 Å². The smallest absolute Gasteiger partial charge is 0.289 e. The van der Waals surface area contributed by atoms with Crippen LogP contribution in [0.4, 0.5) is 22.0 Å². The van der Waals surface area contributed by atoms with Gasteiger partial charge in [0.1, 0.15) is 11.6 Å². The van der Waals surface area contributed by atoms with Crippen LogP contribution in [0.15, 0.2) is 42.5 Å². The van der Waals surface area contributed by atoms with Crippen LogP contribution in [-0.2, 0) is 6.18 Å². The lowest BCUT2D eigenvalue weighted by atomic mass is 10.0. The highest BCUT2D eigenvalue weighted by atomic mass is 19.4. The van der Waals surface area contributed by atoms with E-state index in [1.807, 2.05) is 0 Å². The Labute approximate surface area is 110 Å².